The molecular weight excluding hydrogens is 370 g/mol. The molecule has 2 N–H and O–H groups in total. The van der Waals surface area contributed by atoms with Gasteiger partial charge in [0.15, 0.2) is 6.10 Å². The molecule has 2 aromatic carbocycles. The third-order valence-electron chi connectivity index (χ3n) is 4.20. The Balaban J connectivity index is 1.90. The zero-order valence-corrected chi connectivity index (χ0v) is 17.3. The lowest BCUT2D eigenvalue weighted by molar-refractivity contribution is -0.143. The van der Waals surface area contributed by atoms with E-state index in [9.17, 15) is 14.7 Å². The van der Waals surface area contributed by atoms with E-state index in [-0.39, 0.29) is 18.6 Å². The summed E-state index contributed by atoms with van der Waals surface area (Å²) in [5, 5.41) is 11.9. The molecule has 0 spiro atoms. The van der Waals surface area contributed by atoms with Gasteiger partial charge in [0.05, 0.1) is 5.60 Å². The molecule has 0 saturated heterocycles. The summed E-state index contributed by atoms with van der Waals surface area (Å²) < 4.78 is 11.2. The fourth-order valence-electron chi connectivity index (χ4n) is 2.64. The van der Waals surface area contributed by atoms with E-state index in [0.717, 1.165) is 11.1 Å². The molecule has 2 unspecified atom stereocenters. The molecule has 156 valence electrons. The number of nitrogens with one attached hydrogen (secondary N) is 1. The molecule has 6 heteroatoms. The first-order chi connectivity index (χ1) is 13.7. The number of benzene rings is 2. The second kappa shape index (κ2) is 10.1. The van der Waals surface area contributed by atoms with Gasteiger partial charge in [0.1, 0.15) is 11.8 Å². The summed E-state index contributed by atoms with van der Waals surface area (Å²) in [5.41, 5.74) is 1.77. The van der Waals surface area contributed by atoms with Crippen molar-refractivity contribution in [2.75, 3.05) is 6.61 Å². The minimum atomic E-state index is -1.10. The highest BCUT2D eigenvalue weighted by molar-refractivity contribution is 5.86. The van der Waals surface area contributed by atoms with Crippen molar-refractivity contribution in [3.63, 3.8) is 0 Å². The van der Waals surface area contributed by atoms with Crippen molar-refractivity contribution < 1.29 is 24.2 Å². The Morgan fingerprint density at radius 1 is 1.00 bits per heavy atom. The molecule has 0 bridgehead atoms. The van der Waals surface area contributed by atoms with Gasteiger partial charge in [0.2, 0.25) is 0 Å². The van der Waals surface area contributed by atoms with Crippen molar-refractivity contribution in [2.24, 2.45) is 0 Å². The molecule has 2 rings (SSSR count). The van der Waals surface area contributed by atoms with Crippen LogP contribution < -0.4 is 10.1 Å². The maximum absolute atomic E-state index is 12.4. The number of hydrogen-bond acceptors (Lipinski definition) is 4. The molecule has 0 radical (unpaired) electrons. The lowest BCUT2D eigenvalue weighted by Gasteiger charge is -2.22. The van der Waals surface area contributed by atoms with Crippen LogP contribution in [0.5, 0.6) is 5.75 Å². The van der Waals surface area contributed by atoms with Crippen molar-refractivity contribution >= 4 is 11.9 Å². The number of aliphatic carboxylic acids is 1. The van der Waals surface area contributed by atoms with Crippen molar-refractivity contribution in [3.8, 4) is 16.9 Å². The SMILES string of the molecule is CC(Oc1ccc(-c2ccccc2)cc1)C(=O)NC(CCOC(C)(C)C)C(=O)O. The zero-order chi connectivity index (χ0) is 21.4. The van der Waals surface area contributed by atoms with E-state index >= 15 is 0 Å². The number of carbonyl (C=O) groups excluding carboxylic acids is 1. The van der Waals surface area contributed by atoms with Gasteiger partial charge in [0.25, 0.3) is 5.91 Å². The van der Waals surface area contributed by atoms with Gasteiger partial charge in [-0.1, -0.05) is 42.5 Å². The Kier molecular flexibility index (Phi) is 7.79. The molecular formula is C23H29NO5. The van der Waals surface area contributed by atoms with E-state index in [1.165, 1.54) is 0 Å². The molecule has 0 fully saturated rings. The topological polar surface area (TPSA) is 84.9 Å². The first-order valence-corrected chi connectivity index (χ1v) is 9.65. The van der Waals surface area contributed by atoms with Crippen LogP contribution in [0.4, 0.5) is 0 Å². The molecule has 0 saturated carbocycles. The van der Waals surface area contributed by atoms with E-state index in [0.29, 0.717) is 5.75 Å². The molecule has 6 nitrogen and oxygen atoms in total. The van der Waals surface area contributed by atoms with Crippen LogP contribution >= 0.6 is 0 Å². The molecule has 0 aliphatic heterocycles. The van der Waals surface area contributed by atoms with Crippen LogP contribution in [-0.2, 0) is 14.3 Å². The minimum absolute atomic E-state index is 0.177. The van der Waals surface area contributed by atoms with Gasteiger partial charge in [-0.3, -0.25) is 4.79 Å². The number of carboxylic acid groups (broad SMARTS) is 1. The Bertz CT molecular complexity index is 796. The Labute approximate surface area is 171 Å². The van der Waals surface area contributed by atoms with Crippen LogP contribution in [-0.4, -0.2) is 41.3 Å². The standard InChI is InChI=1S/C23H29NO5/c1-16(21(25)24-20(22(26)27)14-15-28-23(2,3)4)29-19-12-10-18(11-13-19)17-8-6-5-7-9-17/h5-13,16,20H,14-15H2,1-4H3,(H,24,25)(H,26,27). The van der Waals surface area contributed by atoms with Crippen molar-refractivity contribution in [1.29, 1.82) is 0 Å². The van der Waals surface area contributed by atoms with E-state index in [1.807, 2.05) is 63.2 Å². The summed E-state index contributed by atoms with van der Waals surface area (Å²) in [4.78, 5) is 23.8. The Morgan fingerprint density at radius 2 is 1.59 bits per heavy atom. The fourth-order valence-corrected chi connectivity index (χ4v) is 2.64. The van der Waals surface area contributed by atoms with Crippen LogP contribution in [0.25, 0.3) is 11.1 Å². The van der Waals surface area contributed by atoms with Gasteiger partial charge in [-0.05, 0) is 51.0 Å². The van der Waals surface area contributed by atoms with Gasteiger partial charge >= 0.3 is 5.97 Å². The van der Waals surface area contributed by atoms with Crippen LogP contribution in [0.15, 0.2) is 54.6 Å². The monoisotopic (exact) mass is 399 g/mol. The van der Waals surface area contributed by atoms with Crippen molar-refractivity contribution in [1.82, 2.24) is 5.32 Å². The number of ether oxygens (including phenoxy) is 2. The first kappa shape index (κ1) is 22.4. The van der Waals surface area contributed by atoms with Crippen LogP contribution in [0.2, 0.25) is 0 Å². The van der Waals surface area contributed by atoms with Crippen LogP contribution in [0, 0.1) is 0 Å². The number of rotatable bonds is 9. The summed E-state index contributed by atoms with van der Waals surface area (Å²) in [6.07, 6.45) is -0.653. The predicted octanol–water partition coefficient (Wildman–Crippen LogP) is 3.90. The highest BCUT2D eigenvalue weighted by atomic mass is 16.5. The quantitative estimate of drug-likeness (QED) is 0.668. The second-order valence-electron chi connectivity index (χ2n) is 7.80. The van der Waals surface area contributed by atoms with E-state index in [4.69, 9.17) is 9.47 Å². The highest BCUT2D eigenvalue weighted by Gasteiger charge is 2.24. The molecule has 2 atom stereocenters. The normalized spacial score (nSPS) is 13.4. The summed E-state index contributed by atoms with van der Waals surface area (Å²) in [6.45, 7) is 7.49. The van der Waals surface area contributed by atoms with Gasteiger partial charge in [-0.2, -0.15) is 0 Å². The Hall–Kier alpha value is -2.86. The lowest BCUT2D eigenvalue weighted by Crippen LogP contribution is -2.47. The van der Waals surface area contributed by atoms with Gasteiger partial charge < -0.3 is 19.9 Å². The Morgan fingerprint density at radius 3 is 2.14 bits per heavy atom. The summed E-state index contributed by atoms with van der Waals surface area (Å²) >= 11 is 0. The molecule has 29 heavy (non-hydrogen) atoms. The molecule has 0 aromatic heterocycles. The van der Waals surface area contributed by atoms with Gasteiger partial charge in [-0.15, -0.1) is 0 Å². The van der Waals surface area contributed by atoms with Crippen molar-refractivity contribution in [3.05, 3.63) is 54.6 Å². The van der Waals surface area contributed by atoms with E-state index < -0.39 is 24.0 Å². The maximum Gasteiger partial charge on any atom is 0.326 e. The highest BCUT2D eigenvalue weighted by Crippen LogP contribution is 2.22. The number of carboxylic acids is 1. The van der Waals surface area contributed by atoms with E-state index in [2.05, 4.69) is 5.32 Å². The van der Waals surface area contributed by atoms with Gasteiger partial charge in [-0.25, -0.2) is 4.79 Å². The fraction of sp³-hybridized carbons (Fsp3) is 0.391. The summed E-state index contributed by atoms with van der Waals surface area (Å²) in [7, 11) is 0. The molecule has 2 aromatic rings. The smallest absolute Gasteiger partial charge is 0.326 e. The molecule has 0 heterocycles. The number of amides is 1. The van der Waals surface area contributed by atoms with Gasteiger partial charge in [0, 0.05) is 13.0 Å². The summed E-state index contributed by atoms with van der Waals surface area (Å²) in [5.74, 6) is -1.05. The largest absolute Gasteiger partial charge is 0.481 e. The predicted molar refractivity (Wildman–Crippen MR) is 112 cm³/mol. The average molecular weight is 399 g/mol. The first-order valence-electron chi connectivity index (χ1n) is 9.65. The molecule has 0 aliphatic carbocycles. The van der Waals surface area contributed by atoms with Crippen molar-refractivity contribution in [2.45, 2.75) is 51.9 Å². The second-order valence-corrected chi connectivity index (χ2v) is 7.80. The third kappa shape index (κ3) is 7.58. The van der Waals surface area contributed by atoms with Crippen LogP contribution in [0.1, 0.15) is 34.1 Å². The minimum Gasteiger partial charge on any atom is -0.481 e. The van der Waals surface area contributed by atoms with Crippen LogP contribution in [0.3, 0.4) is 0 Å². The number of hydrogen-bond donors (Lipinski definition) is 2. The summed E-state index contributed by atoms with van der Waals surface area (Å²) in [6, 6.07) is 16.3. The third-order valence-corrected chi connectivity index (χ3v) is 4.20. The molecule has 0 aliphatic rings. The maximum atomic E-state index is 12.4. The van der Waals surface area contributed by atoms with E-state index in [1.54, 1.807) is 19.1 Å². The molecule has 1 amide bonds. The zero-order valence-electron chi connectivity index (χ0n) is 17.3. The average Bonchev–Trinajstić information content (AvgIpc) is 2.67. The lowest BCUT2D eigenvalue weighted by atomic mass is 10.1. The number of carbonyl (C=O) groups is 2.